The summed E-state index contributed by atoms with van der Waals surface area (Å²) in [5, 5.41) is 7.24. The molecule has 0 spiro atoms. The molecule has 4 atom stereocenters. The molecule has 1 aliphatic carbocycles. The van der Waals surface area contributed by atoms with Crippen molar-refractivity contribution < 1.29 is 9.53 Å². The van der Waals surface area contributed by atoms with Gasteiger partial charge in [-0.2, -0.15) is 4.98 Å². The number of hydrogen-bond acceptors (Lipinski definition) is 6. The van der Waals surface area contributed by atoms with Crippen LogP contribution in [0.5, 0.6) is 5.88 Å². The molecule has 0 unspecified atom stereocenters. The number of pyridine rings is 1. The van der Waals surface area contributed by atoms with Crippen molar-refractivity contribution >= 4 is 23.1 Å². The van der Waals surface area contributed by atoms with Crippen LogP contribution in [0.2, 0.25) is 0 Å². The van der Waals surface area contributed by atoms with Gasteiger partial charge >= 0.3 is 0 Å². The Morgan fingerprint density at radius 2 is 2.03 bits per heavy atom. The molecule has 0 radical (unpaired) electrons. The summed E-state index contributed by atoms with van der Waals surface area (Å²) in [7, 11) is 1.64. The molecule has 1 saturated carbocycles. The van der Waals surface area contributed by atoms with Crippen molar-refractivity contribution in [2.24, 2.45) is 11.8 Å². The number of piperazine rings is 1. The highest BCUT2D eigenvalue weighted by Gasteiger charge is 2.47. The van der Waals surface area contributed by atoms with Crippen molar-refractivity contribution in [2.45, 2.75) is 51.7 Å². The molecular weight excluding hydrogens is 414 g/mol. The van der Waals surface area contributed by atoms with Gasteiger partial charge in [0, 0.05) is 67.6 Å². The first-order valence-corrected chi connectivity index (χ1v) is 12.2. The molecule has 3 heterocycles. The Labute approximate surface area is 196 Å². The number of ether oxygens (including phenoxy) is 1. The number of rotatable bonds is 5. The van der Waals surface area contributed by atoms with Crippen LogP contribution in [0.3, 0.4) is 0 Å². The third-order valence-corrected chi connectivity index (χ3v) is 7.38. The fraction of sp³-hybridized carbons (Fsp3) is 0.538. The van der Waals surface area contributed by atoms with Gasteiger partial charge in [0.2, 0.25) is 11.8 Å². The molecule has 1 saturated heterocycles. The second-order valence-corrected chi connectivity index (χ2v) is 9.81. The highest BCUT2D eigenvalue weighted by molar-refractivity contribution is 5.94. The topological polar surface area (TPSA) is 69.7 Å². The standard InChI is InChI=1S/C26H35N5O2/c1-16-15-30(13-12-27-16)20-10-11-22-21(14-20)25(29-23-6-5-7-24(28-23)33-4)17(2)26(19-8-9-19)31(22)18(3)32/h5-7,10-11,14,16-17,19,25-27H,8-9,12-13,15H2,1-4H3,(H,28,29)/t16-,17+,25+,26+/m0/s1. The van der Waals surface area contributed by atoms with Crippen LogP contribution in [0.4, 0.5) is 17.2 Å². The summed E-state index contributed by atoms with van der Waals surface area (Å²) >= 11 is 0. The molecule has 1 aromatic carbocycles. The SMILES string of the molecule is COc1cccc(N[C@H]2c3cc(N4CCN[C@@H](C)C4)ccc3N(C(C)=O)[C@@H](C3CC3)[C@@H]2C)n1. The van der Waals surface area contributed by atoms with Gasteiger partial charge < -0.3 is 25.2 Å². The molecule has 0 bridgehead atoms. The average molecular weight is 450 g/mol. The summed E-state index contributed by atoms with van der Waals surface area (Å²) in [6.45, 7) is 9.14. The Balaban J connectivity index is 1.57. The number of nitrogens with one attached hydrogen (secondary N) is 2. The predicted octanol–water partition coefficient (Wildman–Crippen LogP) is 3.82. The molecule has 1 aromatic heterocycles. The fourth-order valence-corrected chi connectivity index (χ4v) is 5.68. The smallest absolute Gasteiger partial charge is 0.224 e. The second kappa shape index (κ2) is 8.86. The van der Waals surface area contributed by atoms with Gasteiger partial charge in [-0.15, -0.1) is 0 Å². The Morgan fingerprint density at radius 1 is 1.21 bits per heavy atom. The lowest BCUT2D eigenvalue weighted by Crippen LogP contribution is -2.51. The van der Waals surface area contributed by atoms with Gasteiger partial charge in [-0.3, -0.25) is 4.79 Å². The van der Waals surface area contributed by atoms with E-state index in [0.717, 1.165) is 31.1 Å². The van der Waals surface area contributed by atoms with Crippen LogP contribution in [0.25, 0.3) is 0 Å². The van der Waals surface area contributed by atoms with Crippen LogP contribution in [0.15, 0.2) is 36.4 Å². The van der Waals surface area contributed by atoms with Crippen molar-refractivity contribution in [1.29, 1.82) is 0 Å². The van der Waals surface area contributed by atoms with Crippen LogP contribution >= 0.6 is 0 Å². The molecule has 7 nitrogen and oxygen atoms in total. The number of carbonyl (C=O) groups is 1. The van der Waals surface area contributed by atoms with Crippen molar-refractivity contribution in [3.05, 3.63) is 42.0 Å². The number of benzene rings is 1. The van der Waals surface area contributed by atoms with E-state index in [9.17, 15) is 4.79 Å². The maximum Gasteiger partial charge on any atom is 0.224 e. The van der Waals surface area contributed by atoms with E-state index in [1.54, 1.807) is 14.0 Å². The lowest BCUT2D eigenvalue weighted by Gasteiger charge is -2.46. The summed E-state index contributed by atoms with van der Waals surface area (Å²) < 4.78 is 5.35. The van der Waals surface area contributed by atoms with Crippen LogP contribution < -0.4 is 25.2 Å². The van der Waals surface area contributed by atoms with E-state index >= 15 is 0 Å². The Bertz CT molecular complexity index is 1020. The molecule has 2 aliphatic heterocycles. The molecule has 2 aromatic rings. The first kappa shape index (κ1) is 22.0. The van der Waals surface area contributed by atoms with E-state index in [2.05, 4.69) is 57.5 Å². The minimum Gasteiger partial charge on any atom is -0.481 e. The third-order valence-electron chi connectivity index (χ3n) is 7.38. The van der Waals surface area contributed by atoms with E-state index in [4.69, 9.17) is 4.74 Å². The van der Waals surface area contributed by atoms with E-state index in [0.29, 0.717) is 17.8 Å². The van der Waals surface area contributed by atoms with E-state index < -0.39 is 0 Å². The van der Waals surface area contributed by atoms with E-state index in [-0.39, 0.29) is 23.9 Å². The van der Waals surface area contributed by atoms with Crippen molar-refractivity contribution in [3.8, 4) is 5.88 Å². The van der Waals surface area contributed by atoms with Gasteiger partial charge in [-0.05, 0) is 49.9 Å². The zero-order chi connectivity index (χ0) is 23.1. The summed E-state index contributed by atoms with van der Waals surface area (Å²) in [5.74, 6) is 2.33. The van der Waals surface area contributed by atoms with Gasteiger partial charge in [0.15, 0.2) is 0 Å². The van der Waals surface area contributed by atoms with Crippen LogP contribution in [0.1, 0.15) is 45.2 Å². The van der Waals surface area contributed by atoms with E-state index in [1.807, 2.05) is 18.2 Å². The summed E-state index contributed by atoms with van der Waals surface area (Å²) in [6.07, 6.45) is 2.38. The van der Waals surface area contributed by atoms with Crippen LogP contribution in [0, 0.1) is 11.8 Å². The fourth-order valence-electron chi connectivity index (χ4n) is 5.68. The lowest BCUT2D eigenvalue weighted by molar-refractivity contribution is -0.117. The highest BCUT2D eigenvalue weighted by atomic mass is 16.5. The molecule has 2 N–H and O–H groups in total. The van der Waals surface area contributed by atoms with Gasteiger partial charge in [0.05, 0.1) is 13.2 Å². The normalized spacial score (nSPS) is 27.2. The largest absolute Gasteiger partial charge is 0.481 e. The number of carbonyl (C=O) groups excluding carboxylic acids is 1. The van der Waals surface area contributed by atoms with Crippen LogP contribution in [-0.4, -0.2) is 49.7 Å². The Hall–Kier alpha value is -2.80. The number of methoxy groups -OCH3 is 1. The monoisotopic (exact) mass is 449 g/mol. The molecular formula is C26H35N5O2. The van der Waals surface area contributed by atoms with Crippen molar-refractivity contribution in [3.63, 3.8) is 0 Å². The Morgan fingerprint density at radius 3 is 2.73 bits per heavy atom. The number of amides is 1. The van der Waals surface area contributed by atoms with E-state index in [1.165, 1.54) is 24.1 Å². The number of anilines is 3. The third kappa shape index (κ3) is 4.26. The average Bonchev–Trinajstić information content (AvgIpc) is 3.65. The molecule has 3 aliphatic rings. The van der Waals surface area contributed by atoms with Gasteiger partial charge in [-0.25, -0.2) is 0 Å². The Kier molecular flexibility index (Phi) is 5.91. The molecule has 2 fully saturated rings. The number of aromatic nitrogens is 1. The minimum atomic E-state index is 0.0566. The first-order chi connectivity index (χ1) is 16.0. The molecule has 5 rings (SSSR count). The zero-order valence-corrected chi connectivity index (χ0v) is 20.0. The van der Waals surface area contributed by atoms with Crippen molar-refractivity contribution in [1.82, 2.24) is 10.3 Å². The molecule has 176 valence electrons. The zero-order valence-electron chi connectivity index (χ0n) is 20.0. The van der Waals surface area contributed by atoms with Gasteiger partial charge in [0.25, 0.3) is 0 Å². The minimum absolute atomic E-state index is 0.0566. The van der Waals surface area contributed by atoms with Gasteiger partial charge in [0.1, 0.15) is 5.82 Å². The summed E-state index contributed by atoms with van der Waals surface area (Å²) in [6, 6.07) is 13.2. The number of hydrogen-bond donors (Lipinski definition) is 2. The molecule has 7 heteroatoms. The van der Waals surface area contributed by atoms with Crippen molar-refractivity contribution in [2.75, 3.05) is 41.9 Å². The second-order valence-electron chi connectivity index (χ2n) is 9.81. The summed E-state index contributed by atoms with van der Waals surface area (Å²) in [5.41, 5.74) is 3.42. The maximum absolute atomic E-state index is 12.9. The molecule has 33 heavy (non-hydrogen) atoms. The molecule has 1 amide bonds. The summed E-state index contributed by atoms with van der Waals surface area (Å²) in [4.78, 5) is 22.0. The first-order valence-electron chi connectivity index (χ1n) is 12.2. The number of fused-ring (bicyclic) bond motifs is 1. The highest BCUT2D eigenvalue weighted by Crippen LogP contribution is 2.50. The van der Waals surface area contributed by atoms with Gasteiger partial charge in [-0.1, -0.05) is 13.0 Å². The number of nitrogens with zero attached hydrogens (tertiary/aromatic N) is 3. The lowest BCUT2D eigenvalue weighted by atomic mass is 9.79. The maximum atomic E-state index is 12.9. The quantitative estimate of drug-likeness (QED) is 0.723. The predicted molar refractivity (Wildman–Crippen MR) is 132 cm³/mol. The van der Waals surface area contributed by atoms with Crippen LogP contribution in [-0.2, 0) is 4.79 Å².